The number of rotatable bonds is 5. The molecule has 3 fully saturated rings. The zero-order valence-corrected chi connectivity index (χ0v) is 14.9. The summed E-state index contributed by atoms with van der Waals surface area (Å²) in [6.07, 6.45) is -6.92. The second kappa shape index (κ2) is 7.34. The third kappa shape index (κ3) is 3.83. The molecule has 7 atom stereocenters. The van der Waals surface area contributed by atoms with Crippen LogP contribution in [0.5, 0.6) is 0 Å². The highest BCUT2D eigenvalue weighted by Crippen LogP contribution is 2.38. The quantitative estimate of drug-likeness (QED) is 0.369. The van der Waals surface area contributed by atoms with Crippen LogP contribution >= 0.6 is 0 Å². The molecule has 3 rings (SSSR count). The molecule has 0 saturated carbocycles. The molecule has 0 N–H and O–H groups in total. The van der Waals surface area contributed by atoms with Crippen LogP contribution in [-0.4, -0.2) is 90.7 Å². The van der Waals surface area contributed by atoms with E-state index < -0.39 is 65.3 Å². The minimum absolute atomic E-state index is 0.0755. The smallest absolute Gasteiger partial charge is 0.363 e. The highest BCUT2D eigenvalue weighted by Gasteiger charge is 2.59. The summed E-state index contributed by atoms with van der Waals surface area (Å²) in [7, 11) is -1.59. The standard InChI is InChI=1S/C13H18O12S/c1-18-9(14)12-20-4-5(21-12)6-7(25-26(3,16)17)8-11(22-6)24-13(23-8)10(15)19-2/h5-8,11-13H,4H2,1-3H3. The molecule has 0 spiro atoms. The Bertz CT molecular complexity index is 662. The first-order valence-electron chi connectivity index (χ1n) is 7.51. The van der Waals surface area contributed by atoms with Gasteiger partial charge in [0.05, 0.1) is 27.1 Å². The summed E-state index contributed by atoms with van der Waals surface area (Å²) in [5.41, 5.74) is 0. The van der Waals surface area contributed by atoms with Crippen molar-refractivity contribution in [3.63, 3.8) is 0 Å². The fourth-order valence-electron chi connectivity index (χ4n) is 2.83. The number of ether oxygens (including phenoxy) is 7. The van der Waals surface area contributed by atoms with Crippen molar-refractivity contribution in [3.8, 4) is 0 Å². The number of fused-ring (bicyclic) bond motifs is 1. The molecule has 3 aliphatic heterocycles. The third-order valence-electron chi connectivity index (χ3n) is 3.90. The van der Waals surface area contributed by atoms with E-state index >= 15 is 0 Å². The molecule has 148 valence electrons. The van der Waals surface area contributed by atoms with Crippen LogP contribution in [0, 0.1) is 0 Å². The van der Waals surface area contributed by atoms with Crippen molar-refractivity contribution in [1.29, 1.82) is 0 Å². The van der Waals surface area contributed by atoms with Crippen molar-refractivity contribution in [2.24, 2.45) is 0 Å². The Morgan fingerprint density at radius 1 is 0.923 bits per heavy atom. The lowest BCUT2D eigenvalue weighted by Gasteiger charge is -2.25. The lowest BCUT2D eigenvalue weighted by molar-refractivity contribution is -0.206. The average Bonchev–Trinajstić information content (AvgIpc) is 3.27. The molecule has 0 bridgehead atoms. The van der Waals surface area contributed by atoms with E-state index in [9.17, 15) is 18.0 Å². The Labute approximate surface area is 148 Å². The molecule has 0 aromatic heterocycles. The van der Waals surface area contributed by atoms with E-state index in [2.05, 4.69) is 9.47 Å². The SMILES string of the molecule is COC(=O)C1OCC(C2OC3OC(C(=O)OC)OC3C2OS(C)(=O)=O)O1. The Kier molecular flexibility index (Phi) is 5.48. The Balaban J connectivity index is 1.75. The molecule has 7 unspecified atom stereocenters. The summed E-state index contributed by atoms with van der Waals surface area (Å²) in [6.45, 7) is -0.0755. The van der Waals surface area contributed by atoms with Crippen molar-refractivity contribution in [1.82, 2.24) is 0 Å². The van der Waals surface area contributed by atoms with Crippen LogP contribution in [0.15, 0.2) is 0 Å². The van der Waals surface area contributed by atoms with Crippen LogP contribution in [0.4, 0.5) is 0 Å². The van der Waals surface area contributed by atoms with Gasteiger partial charge in [0, 0.05) is 0 Å². The van der Waals surface area contributed by atoms with Gasteiger partial charge in [0.15, 0.2) is 6.29 Å². The summed E-state index contributed by atoms with van der Waals surface area (Å²) in [5, 5.41) is 0. The molecular weight excluding hydrogens is 380 g/mol. The second-order valence-corrected chi connectivity index (χ2v) is 7.29. The van der Waals surface area contributed by atoms with E-state index in [0.29, 0.717) is 0 Å². The minimum Gasteiger partial charge on any atom is -0.465 e. The van der Waals surface area contributed by atoms with Crippen LogP contribution < -0.4 is 0 Å². The Morgan fingerprint density at radius 2 is 1.58 bits per heavy atom. The lowest BCUT2D eigenvalue weighted by Crippen LogP contribution is -2.44. The van der Waals surface area contributed by atoms with Gasteiger partial charge in [-0.25, -0.2) is 9.59 Å². The van der Waals surface area contributed by atoms with Crippen molar-refractivity contribution in [2.75, 3.05) is 27.1 Å². The van der Waals surface area contributed by atoms with Gasteiger partial charge in [-0.15, -0.1) is 0 Å². The Hall–Kier alpha value is -1.35. The molecule has 0 radical (unpaired) electrons. The maximum Gasteiger partial charge on any atom is 0.363 e. The van der Waals surface area contributed by atoms with Gasteiger partial charge in [-0.2, -0.15) is 8.42 Å². The topological polar surface area (TPSA) is 142 Å². The zero-order valence-electron chi connectivity index (χ0n) is 14.1. The molecular formula is C13H18O12S. The minimum atomic E-state index is -3.91. The highest BCUT2D eigenvalue weighted by molar-refractivity contribution is 7.86. The van der Waals surface area contributed by atoms with Gasteiger partial charge >= 0.3 is 11.9 Å². The zero-order chi connectivity index (χ0) is 19.1. The van der Waals surface area contributed by atoms with E-state index in [1.54, 1.807) is 0 Å². The van der Waals surface area contributed by atoms with Crippen LogP contribution in [0.1, 0.15) is 0 Å². The number of hydrogen-bond acceptors (Lipinski definition) is 12. The first-order chi connectivity index (χ1) is 12.2. The fourth-order valence-corrected chi connectivity index (χ4v) is 3.45. The summed E-state index contributed by atoms with van der Waals surface area (Å²) in [4.78, 5) is 23.0. The molecule has 3 saturated heterocycles. The van der Waals surface area contributed by atoms with Gasteiger partial charge in [-0.3, -0.25) is 4.18 Å². The third-order valence-corrected chi connectivity index (χ3v) is 4.47. The summed E-state index contributed by atoms with van der Waals surface area (Å²) in [6, 6.07) is 0. The van der Waals surface area contributed by atoms with Gasteiger partial charge < -0.3 is 33.2 Å². The van der Waals surface area contributed by atoms with E-state index in [1.807, 2.05) is 0 Å². The number of carbonyl (C=O) groups is 2. The summed E-state index contributed by atoms with van der Waals surface area (Å²) < 4.78 is 64.2. The maximum atomic E-state index is 11.6. The maximum absolute atomic E-state index is 11.6. The van der Waals surface area contributed by atoms with Crippen molar-refractivity contribution in [3.05, 3.63) is 0 Å². The Morgan fingerprint density at radius 3 is 2.19 bits per heavy atom. The van der Waals surface area contributed by atoms with E-state index in [4.69, 9.17) is 27.9 Å². The van der Waals surface area contributed by atoms with Gasteiger partial charge in [0.25, 0.3) is 22.7 Å². The predicted molar refractivity (Wildman–Crippen MR) is 76.8 cm³/mol. The predicted octanol–water partition coefficient (Wildman–Crippen LogP) is -2.11. The first-order valence-corrected chi connectivity index (χ1v) is 9.32. The normalized spacial score (nSPS) is 39.6. The molecule has 26 heavy (non-hydrogen) atoms. The van der Waals surface area contributed by atoms with Crippen LogP contribution in [-0.2, 0) is 57.0 Å². The van der Waals surface area contributed by atoms with E-state index in [1.165, 1.54) is 7.11 Å². The average molecular weight is 398 g/mol. The first kappa shape index (κ1) is 19.4. The van der Waals surface area contributed by atoms with Gasteiger partial charge in [0.2, 0.25) is 0 Å². The van der Waals surface area contributed by atoms with Crippen molar-refractivity contribution >= 4 is 22.1 Å². The number of hydrogen-bond donors (Lipinski definition) is 0. The summed E-state index contributed by atoms with van der Waals surface area (Å²) >= 11 is 0. The largest absolute Gasteiger partial charge is 0.465 e. The molecule has 0 amide bonds. The second-order valence-electron chi connectivity index (χ2n) is 5.69. The lowest BCUT2D eigenvalue weighted by atomic mass is 10.1. The van der Waals surface area contributed by atoms with Crippen LogP contribution in [0.25, 0.3) is 0 Å². The molecule has 3 heterocycles. The van der Waals surface area contributed by atoms with Gasteiger partial charge in [0.1, 0.15) is 24.4 Å². The van der Waals surface area contributed by atoms with Crippen LogP contribution in [0.3, 0.4) is 0 Å². The highest BCUT2D eigenvalue weighted by atomic mass is 32.2. The monoisotopic (exact) mass is 398 g/mol. The number of methoxy groups -OCH3 is 2. The number of carbonyl (C=O) groups excluding carboxylic acids is 2. The summed E-state index contributed by atoms with van der Waals surface area (Å²) in [5.74, 6) is -1.55. The molecule has 13 heteroatoms. The van der Waals surface area contributed by atoms with Crippen molar-refractivity contribution < 1.29 is 55.3 Å². The number of esters is 2. The molecule has 0 aromatic rings. The molecule has 12 nitrogen and oxygen atoms in total. The van der Waals surface area contributed by atoms with Gasteiger partial charge in [-0.1, -0.05) is 0 Å². The molecule has 0 aromatic carbocycles. The van der Waals surface area contributed by atoms with Gasteiger partial charge in [-0.05, 0) is 0 Å². The van der Waals surface area contributed by atoms with E-state index in [0.717, 1.165) is 13.4 Å². The van der Waals surface area contributed by atoms with Crippen molar-refractivity contribution in [2.45, 2.75) is 43.3 Å². The molecule has 0 aliphatic carbocycles. The van der Waals surface area contributed by atoms with E-state index in [-0.39, 0.29) is 6.61 Å². The fraction of sp³-hybridized carbons (Fsp3) is 0.846. The molecule has 3 aliphatic rings. The van der Waals surface area contributed by atoms with Crippen LogP contribution in [0.2, 0.25) is 0 Å².